The fourth-order valence-corrected chi connectivity index (χ4v) is 2.69. The number of carbonyl (C=O) groups excluding carboxylic acids is 3. The van der Waals surface area contributed by atoms with Crippen LogP contribution in [0.2, 0.25) is 0 Å². The number of esters is 1. The van der Waals surface area contributed by atoms with Crippen molar-refractivity contribution >= 4 is 23.8 Å². The molecule has 0 aromatic heterocycles. The van der Waals surface area contributed by atoms with E-state index in [2.05, 4.69) is 17.2 Å². The fraction of sp³-hybridized carbons (Fsp3) is 0.455. The van der Waals surface area contributed by atoms with Crippen LogP contribution in [-0.2, 0) is 30.3 Å². The molecule has 31 heavy (non-hydrogen) atoms. The maximum absolute atomic E-state index is 12.5. The van der Waals surface area contributed by atoms with Crippen molar-refractivity contribution in [1.82, 2.24) is 10.6 Å². The third-order valence-electron chi connectivity index (χ3n) is 4.28. The number of hydrogen-bond acceptors (Lipinski definition) is 6. The van der Waals surface area contributed by atoms with Crippen molar-refractivity contribution in [2.75, 3.05) is 13.7 Å². The van der Waals surface area contributed by atoms with Gasteiger partial charge in [0.1, 0.15) is 11.8 Å². The average molecular weight is 434 g/mol. The van der Waals surface area contributed by atoms with Gasteiger partial charge in [-0.1, -0.05) is 32.6 Å². The van der Waals surface area contributed by atoms with Crippen LogP contribution in [0, 0.1) is 5.92 Å². The van der Waals surface area contributed by atoms with Crippen LogP contribution in [-0.4, -0.2) is 54.7 Å². The van der Waals surface area contributed by atoms with Crippen LogP contribution >= 0.6 is 0 Å². The first-order valence-electron chi connectivity index (χ1n) is 9.92. The molecule has 2 amide bonds. The number of carboxylic acid groups (broad SMARTS) is 1. The fourth-order valence-electron chi connectivity index (χ4n) is 2.69. The molecule has 0 bridgehead atoms. The predicted molar refractivity (Wildman–Crippen MR) is 113 cm³/mol. The lowest BCUT2D eigenvalue weighted by atomic mass is 10.0. The molecule has 0 spiro atoms. The normalized spacial score (nSPS) is 12.4. The Hall–Kier alpha value is -3.36. The lowest BCUT2D eigenvalue weighted by molar-refractivity contribution is -0.165. The van der Waals surface area contributed by atoms with E-state index in [1.807, 2.05) is 13.8 Å². The molecule has 0 fully saturated rings. The van der Waals surface area contributed by atoms with Gasteiger partial charge in [0.25, 0.3) is 0 Å². The zero-order chi connectivity index (χ0) is 23.4. The number of hydrogen-bond donors (Lipinski definition) is 3. The van der Waals surface area contributed by atoms with Crippen molar-refractivity contribution < 1.29 is 33.8 Å². The molecule has 170 valence electrons. The standard InChI is InChI=1S/C22H30N2O7/c1-5-19(25)24-17(13-15-6-8-16(30-4)9-7-15)21(27)23-11-10-20(26)31-18(22(28)29)12-14(2)3/h5-9,14,17-18H,1,10-13H2,2-4H3,(H,23,27)(H,24,25)(H,28,29)/t17-,18+/m1/s1. The molecule has 1 aromatic carbocycles. The second-order valence-electron chi connectivity index (χ2n) is 7.30. The van der Waals surface area contributed by atoms with Gasteiger partial charge in [0.2, 0.25) is 11.8 Å². The number of amides is 2. The Morgan fingerprint density at radius 3 is 2.32 bits per heavy atom. The molecule has 1 aromatic rings. The van der Waals surface area contributed by atoms with Gasteiger partial charge in [0, 0.05) is 13.0 Å². The molecule has 0 radical (unpaired) electrons. The van der Waals surface area contributed by atoms with Gasteiger partial charge < -0.3 is 25.2 Å². The van der Waals surface area contributed by atoms with Crippen molar-refractivity contribution in [3.63, 3.8) is 0 Å². The van der Waals surface area contributed by atoms with Crippen molar-refractivity contribution in [3.8, 4) is 5.75 Å². The monoisotopic (exact) mass is 434 g/mol. The zero-order valence-corrected chi connectivity index (χ0v) is 18.1. The van der Waals surface area contributed by atoms with Gasteiger partial charge in [-0.15, -0.1) is 0 Å². The van der Waals surface area contributed by atoms with Crippen molar-refractivity contribution in [2.45, 2.75) is 45.3 Å². The Kier molecular flexibility index (Phi) is 10.8. The van der Waals surface area contributed by atoms with E-state index in [0.29, 0.717) is 5.75 Å². The van der Waals surface area contributed by atoms with E-state index in [0.717, 1.165) is 11.6 Å². The first-order valence-corrected chi connectivity index (χ1v) is 9.92. The summed E-state index contributed by atoms with van der Waals surface area (Å²) >= 11 is 0. The van der Waals surface area contributed by atoms with Gasteiger partial charge in [-0.2, -0.15) is 0 Å². The lowest BCUT2D eigenvalue weighted by Gasteiger charge is -2.18. The summed E-state index contributed by atoms with van der Waals surface area (Å²) in [5.41, 5.74) is 0.794. The van der Waals surface area contributed by atoms with E-state index in [1.54, 1.807) is 31.4 Å². The Labute approximate surface area is 181 Å². The Balaban J connectivity index is 2.64. The van der Waals surface area contributed by atoms with Gasteiger partial charge in [0.05, 0.1) is 13.5 Å². The molecular weight excluding hydrogens is 404 g/mol. The lowest BCUT2D eigenvalue weighted by Crippen LogP contribution is -2.48. The topological polar surface area (TPSA) is 131 Å². The van der Waals surface area contributed by atoms with Gasteiger partial charge >= 0.3 is 11.9 Å². The quantitative estimate of drug-likeness (QED) is 0.316. The smallest absolute Gasteiger partial charge is 0.345 e. The van der Waals surface area contributed by atoms with Crippen molar-refractivity contribution in [1.29, 1.82) is 0 Å². The highest BCUT2D eigenvalue weighted by atomic mass is 16.6. The minimum atomic E-state index is -1.22. The van der Waals surface area contributed by atoms with E-state index >= 15 is 0 Å². The summed E-state index contributed by atoms with van der Waals surface area (Å²) in [6, 6.07) is 6.15. The highest BCUT2D eigenvalue weighted by Crippen LogP contribution is 2.13. The number of carboxylic acids is 1. The highest BCUT2D eigenvalue weighted by Gasteiger charge is 2.24. The number of nitrogens with one attached hydrogen (secondary N) is 2. The molecule has 0 heterocycles. The van der Waals surface area contributed by atoms with Crippen LogP contribution in [0.15, 0.2) is 36.9 Å². The third kappa shape index (κ3) is 9.79. The van der Waals surface area contributed by atoms with Crippen LogP contribution < -0.4 is 15.4 Å². The number of ether oxygens (including phenoxy) is 2. The Morgan fingerprint density at radius 2 is 1.81 bits per heavy atom. The Bertz CT molecular complexity index is 775. The molecule has 0 unspecified atom stereocenters. The highest BCUT2D eigenvalue weighted by molar-refractivity contribution is 5.92. The summed E-state index contributed by atoms with van der Waals surface area (Å²) in [6.45, 7) is 6.97. The first kappa shape index (κ1) is 25.7. The average Bonchev–Trinajstić information content (AvgIpc) is 2.72. The maximum atomic E-state index is 12.5. The van der Waals surface area contributed by atoms with E-state index in [-0.39, 0.29) is 31.7 Å². The molecule has 9 heteroatoms. The van der Waals surface area contributed by atoms with Gasteiger partial charge in [0.15, 0.2) is 6.10 Å². The second-order valence-corrected chi connectivity index (χ2v) is 7.30. The van der Waals surface area contributed by atoms with E-state index < -0.39 is 35.9 Å². The van der Waals surface area contributed by atoms with Crippen LogP contribution in [0.5, 0.6) is 5.75 Å². The molecule has 0 aliphatic rings. The minimum Gasteiger partial charge on any atom is -0.497 e. The zero-order valence-electron chi connectivity index (χ0n) is 18.1. The SMILES string of the molecule is C=CC(=O)N[C@H](Cc1ccc(OC)cc1)C(=O)NCCC(=O)O[C@@H](CC(C)C)C(=O)O. The summed E-state index contributed by atoms with van der Waals surface area (Å²) in [4.78, 5) is 47.4. The summed E-state index contributed by atoms with van der Waals surface area (Å²) in [5.74, 6) is -2.23. The van der Waals surface area contributed by atoms with Crippen molar-refractivity contribution in [2.24, 2.45) is 5.92 Å². The molecule has 0 aliphatic heterocycles. The summed E-state index contributed by atoms with van der Waals surface area (Å²) in [7, 11) is 1.54. The number of methoxy groups -OCH3 is 1. The number of aliphatic carboxylic acids is 1. The summed E-state index contributed by atoms with van der Waals surface area (Å²) < 4.78 is 10.1. The molecule has 0 saturated heterocycles. The van der Waals surface area contributed by atoms with Crippen molar-refractivity contribution in [3.05, 3.63) is 42.5 Å². The van der Waals surface area contributed by atoms with Crippen LogP contribution in [0.1, 0.15) is 32.3 Å². The summed E-state index contributed by atoms with van der Waals surface area (Å²) in [5, 5.41) is 14.3. The maximum Gasteiger partial charge on any atom is 0.345 e. The molecular formula is C22H30N2O7. The van der Waals surface area contributed by atoms with E-state index in [4.69, 9.17) is 14.6 Å². The number of benzene rings is 1. The molecule has 3 N–H and O–H groups in total. The molecule has 0 aliphatic carbocycles. The van der Waals surface area contributed by atoms with Crippen LogP contribution in [0.4, 0.5) is 0 Å². The molecule has 2 atom stereocenters. The minimum absolute atomic E-state index is 0.0424. The molecule has 9 nitrogen and oxygen atoms in total. The Morgan fingerprint density at radius 1 is 1.16 bits per heavy atom. The third-order valence-corrected chi connectivity index (χ3v) is 4.28. The van der Waals surface area contributed by atoms with Crippen LogP contribution in [0.3, 0.4) is 0 Å². The van der Waals surface area contributed by atoms with E-state index in [1.165, 1.54) is 0 Å². The van der Waals surface area contributed by atoms with Gasteiger partial charge in [-0.3, -0.25) is 14.4 Å². The summed E-state index contributed by atoms with van der Waals surface area (Å²) in [6.07, 6.45) is 0.0586. The van der Waals surface area contributed by atoms with Gasteiger partial charge in [-0.25, -0.2) is 4.79 Å². The van der Waals surface area contributed by atoms with E-state index in [9.17, 15) is 19.2 Å². The number of rotatable bonds is 13. The largest absolute Gasteiger partial charge is 0.497 e. The van der Waals surface area contributed by atoms with Gasteiger partial charge in [-0.05, 0) is 36.1 Å². The van der Waals surface area contributed by atoms with Crippen LogP contribution in [0.25, 0.3) is 0 Å². The molecule has 0 saturated carbocycles. The number of carbonyl (C=O) groups is 4. The molecule has 1 rings (SSSR count). The predicted octanol–water partition coefficient (Wildman–Crippen LogP) is 1.46. The second kappa shape index (κ2) is 13.0. The first-order chi connectivity index (χ1) is 14.7.